The van der Waals surface area contributed by atoms with E-state index in [2.05, 4.69) is 22.3 Å². The summed E-state index contributed by atoms with van der Waals surface area (Å²) in [5, 5.41) is 3.02. The zero-order chi connectivity index (χ0) is 18.5. The first-order valence-electron chi connectivity index (χ1n) is 8.96. The molecule has 0 bridgehead atoms. The van der Waals surface area contributed by atoms with Crippen LogP contribution in [0.25, 0.3) is 0 Å². The number of carbonyl (C=O) groups is 2. The smallest absolute Gasteiger partial charge is 0.251 e. The normalized spacial score (nSPS) is 15.3. The zero-order valence-corrected chi connectivity index (χ0v) is 15.3. The van der Waals surface area contributed by atoms with Crippen molar-refractivity contribution in [2.45, 2.75) is 18.9 Å². The number of amides is 2. The van der Waals surface area contributed by atoms with Gasteiger partial charge in [0, 0.05) is 30.8 Å². The lowest BCUT2D eigenvalue weighted by molar-refractivity contribution is -0.117. The Hall–Kier alpha value is -2.66. The molecular weight excluding hydrogens is 326 g/mol. The Morgan fingerprint density at radius 1 is 1.12 bits per heavy atom. The zero-order valence-electron chi connectivity index (χ0n) is 15.3. The summed E-state index contributed by atoms with van der Waals surface area (Å²) in [5.41, 5.74) is 2.63. The number of rotatable bonds is 6. The molecule has 1 aliphatic rings. The van der Waals surface area contributed by atoms with E-state index in [0.717, 1.165) is 18.7 Å². The quantitative estimate of drug-likeness (QED) is 0.871. The Morgan fingerprint density at radius 2 is 1.81 bits per heavy atom. The van der Waals surface area contributed by atoms with Crippen LogP contribution in [0.15, 0.2) is 54.6 Å². The highest BCUT2D eigenvalue weighted by Gasteiger charge is 2.22. The van der Waals surface area contributed by atoms with Crippen molar-refractivity contribution in [2.24, 2.45) is 0 Å². The van der Waals surface area contributed by atoms with Crippen molar-refractivity contribution in [1.82, 2.24) is 10.2 Å². The van der Waals surface area contributed by atoms with Gasteiger partial charge >= 0.3 is 0 Å². The summed E-state index contributed by atoms with van der Waals surface area (Å²) in [6.07, 6.45) is 1.50. The Morgan fingerprint density at radius 3 is 2.38 bits per heavy atom. The highest BCUT2D eigenvalue weighted by Crippen LogP contribution is 2.22. The van der Waals surface area contributed by atoms with Crippen LogP contribution in [0.1, 0.15) is 34.8 Å². The minimum atomic E-state index is -0.105. The molecule has 2 amide bonds. The van der Waals surface area contributed by atoms with Crippen LogP contribution in [0.2, 0.25) is 0 Å². The van der Waals surface area contributed by atoms with Crippen LogP contribution in [-0.4, -0.2) is 43.9 Å². The maximum atomic E-state index is 12.5. The third-order valence-electron chi connectivity index (χ3n) is 4.78. The number of anilines is 1. The molecule has 1 saturated heterocycles. The summed E-state index contributed by atoms with van der Waals surface area (Å²) < 4.78 is 0. The molecule has 0 spiro atoms. The number of hydrogen-bond donors (Lipinski definition) is 1. The lowest BCUT2D eigenvalue weighted by Gasteiger charge is -2.25. The van der Waals surface area contributed by atoms with Crippen LogP contribution < -0.4 is 10.2 Å². The van der Waals surface area contributed by atoms with Gasteiger partial charge in [-0.1, -0.05) is 30.3 Å². The van der Waals surface area contributed by atoms with Crippen molar-refractivity contribution >= 4 is 17.5 Å². The topological polar surface area (TPSA) is 52.7 Å². The Balaban J connectivity index is 1.63. The van der Waals surface area contributed by atoms with Crippen LogP contribution in [0, 0.1) is 0 Å². The molecule has 2 aromatic carbocycles. The van der Waals surface area contributed by atoms with E-state index in [-0.39, 0.29) is 17.9 Å². The van der Waals surface area contributed by atoms with Gasteiger partial charge in [-0.15, -0.1) is 0 Å². The molecule has 136 valence electrons. The third kappa shape index (κ3) is 4.11. The second kappa shape index (κ2) is 8.15. The summed E-state index contributed by atoms with van der Waals surface area (Å²) in [6, 6.07) is 17.5. The molecule has 1 atom stereocenters. The maximum absolute atomic E-state index is 12.5. The Kier molecular flexibility index (Phi) is 5.68. The van der Waals surface area contributed by atoms with Gasteiger partial charge in [0.2, 0.25) is 5.91 Å². The average molecular weight is 351 g/mol. The van der Waals surface area contributed by atoms with E-state index in [1.54, 1.807) is 17.0 Å². The predicted octanol–water partition coefficient (Wildman–Crippen LogP) is 2.85. The first-order valence-corrected chi connectivity index (χ1v) is 8.96. The number of likely N-dealkylation sites (N-methyl/N-ethyl adjacent to an activating group) is 1. The SMILES string of the molecule is CN(C)[C@@H](CNC(=O)c1ccc(N2CCCC2=O)cc1)c1ccccc1. The van der Waals surface area contributed by atoms with E-state index < -0.39 is 0 Å². The Labute approximate surface area is 154 Å². The summed E-state index contributed by atoms with van der Waals surface area (Å²) in [4.78, 5) is 28.2. The van der Waals surface area contributed by atoms with Crippen LogP contribution in [0.3, 0.4) is 0 Å². The predicted molar refractivity (Wildman–Crippen MR) is 103 cm³/mol. The molecular formula is C21H25N3O2. The summed E-state index contributed by atoms with van der Waals surface area (Å²) in [6.45, 7) is 1.29. The number of carbonyl (C=O) groups excluding carboxylic acids is 2. The van der Waals surface area contributed by atoms with Gasteiger partial charge in [-0.25, -0.2) is 0 Å². The van der Waals surface area contributed by atoms with E-state index in [4.69, 9.17) is 0 Å². The Bertz CT molecular complexity index is 757. The van der Waals surface area contributed by atoms with Crippen LogP contribution in [0.4, 0.5) is 5.69 Å². The molecule has 1 fully saturated rings. The highest BCUT2D eigenvalue weighted by molar-refractivity contribution is 5.97. The molecule has 2 aromatic rings. The molecule has 0 unspecified atom stereocenters. The first kappa shape index (κ1) is 18.1. The number of nitrogens with one attached hydrogen (secondary N) is 1. The second-order valence-electron chi connectivity index (χ2n) is 6.80. The van der Waals surface area contributed by atoms with Gasteiger partial charge in [-0.05, 0) is 50.3 Å². The third-order valence-corrected chi connectivity index (χ3v) is 4.78. The fourth-order valence-electron chi connectivity index (χ4n) is 3.28. The average Bonchev–Trinajstić information content (AvgIpc) is 3.08. The molecule has 0 saturated carbocycles. The first-order chi connectivity index (χ1) is 12.6. The van der Waals surface area contributed by atoms with Gasteiger partial charge < -0.3 is 15.1 Å². The minimum Gasteiger partial charge on any atom is -0.350 e. The van der Waals surface area contributed by atoms with Gasteiger partial charge in [0.25, 0.3) is 5.91 Å². The number of nitrogens with zero attached hydrogens (tertiary/aromatic N) is 2. The van der Waals surface area contributed by atoms with Gasteiger partial charge in [-0.3, -0.25) is 9.59 Å². The van der Waals surface area contributed by atoms with Crippen molar-refractivity contribution in [1.29, 1.82) is 0 Å². The summed E-state index contributed by atoms with van der Waals surface area (Å²) >= 11 is 0. The van der Waals surface area contributed by atoms with E-state index in [0.29, 0.717) is 18.5 Å². The van der Waals surface area contributed by atoms with Crippen molar-refractivity contribution in [3.63, 3.8) is 0 Å². The minimum absolute atomic E-state index is 0.105. The van der Waals surface area contributed by atoms with Crippen LogP contribution >= 0.6 is 0 Å². The van der Waals surface area contributed by atoms with Gasteiger partial charge in [0.15, 0.2) is 0 Å². The van der Waals surface area contributed by atoms with Crippen molar-refractivity contribution in [3.8, 4) is 0 Å². The number of hydrogen-bond acceptors (Lipinski definition) is 3. The lowest BCUT2D eigenvalue weighted by Crippen LogP contribution is -2.34. The van der Waals surface area contributed by atoms with Gasteiger partial charge in [0.1, 0.15) is 0 Å². The molecule has 1 aliphatic heterocycles. The van der Waals surface area contributed by atoms with Crippen molar-refractivity contribution in [3.05, 3.63) is 65.7 Å². The number of benzene rings is 2. The molecule has 26 heavy (non-hydrogen) atoms. The fourth-order valence-corrected chi connectivity index (χ4v) is 3.28. The van der Waals surface area contributed by atoms with E-state index in [1.807, 2.05) is 44.4 Å². The van der Waals surface area contributed by atoms with Crippen molar-refractivity contribution < 1.29 is 9.59 Å². The van der Waals surface area contributed by atoms with Gasteiger partial charge in [-0.2, -0.15) is 0 Å². The van der Waals surface area contributed by atoms with E-state index in [9.17, 15) is 9.59 Å². The molecule has 1 heterocycles. The van der Waals surface area contributed by atoms with Gasteiger partial charge in [0.05, 0.1) is 6.04 Å². The molecule has 0 radical (unpaired) electrons. The van der Waals surface area contributed by atoms with Crippen molar-refractivity contribution in [2.75, 3.05) is 32.1 Å². The molecule has 1 N–H and O–H groups in total. The second-order valence-corrected chi connectivity index (χ2v) is 6.80. The largest absolute Gasteiger partial charge is 0.350 e. The summed E-state index contributed by atoms with van der Waals surface area (Å²) in [5.74, 6) is 0.0472. The van der Waals surface area contributed by atoms with Crippen LogP contribution in [0.5, 0.6) is 0 Å². The lowest BCUT2D eigenvalue weighted by atomic mass is 10.1. The molecule has 3 rings (SSSR count). The van der Waals surface area contributed by atoms with E-state index >= 15 is 0 Å². The maximum Gasteiger partial charge on any atom is 0.251 e. The molecule has 5 heteroatoms. The van der Waals surface area contributed by atoms with E-state index in [1.165, 1.54) is 5.56 Å². The summed E-state index contributed by atoms with van der Waals surface area (Å²) in [7, 11) is 4.01. The monoisotopic (exact) mass is 351 g/mol. The van der Waals surface area contributed by atoms with Crippen LogP contribution in [-0.2, 0) is 4.79 Å². The standard InChI is InChI=1S/C21H25N3O2/c1-23(2)19(16-7-4-3-5-8-16)15-22-21(26)17-10-12-18(13-11-17)24-14-6-9-20(24)25/h3-5,7-8,10-13,19H,6,9,14-15H2,1-2H3,(H,22,26)/t19-/m0/s1. The molecule has 0 aromatic heterocycles. The molecule has 5 nitrogen and oxygen atoms in total. The molecule has 0 aliphatic carbocycles. The highest BCUT2D eigenvalue weighted by atomic mass is 16.2. The fraction of sp³-hybridized carbons (Fsp3) is 0.333.